The number of anilines is 1. The van der Waals surface area contributed by atoms with Crippen molar-refractivity contribution in [1.29, 1.82) is 0 Å². The lowest BCUT2D eigenvalue weighted by molar-refractivity contribution is -0.130. The molecular formula is C16H20N6O. The number of hydrogen-bond acceptors (Lipinski definition) is 4. The number of piperidine rings is 1. The predicted molar refractivity (Wildman–Crippen MR) is 87.9 cm³/mol. The molecule has 0 unspecified atom stereocenters. The van der Waals surface area contributed by atoms with Crippen LogP contribution in [0.4, 0.5) is 5.82 Å². The predicted octanol–water partition coefficient (Wildman–Crippen LogP) is 1.55. The van der Waals surface area contributed by atoms with Crippen LogP contribution >= 0.6 is 0 Å². The highest BCUT2D eigenvalue weighted by atomic mass is 16.2. The molecule has 1 aliphatic heterocycles. The van der Waals surface area contributed by atoms with Crippen molar-refractivity contribution >= 4 is 22.8 Å². The first kappa shape index (κ1) is 8.29. The molecule has 7 heteroatoms. The third kappa shape index (κ3) is 2.84. The van der Waals surface area contributed by atoms with Gasteiger partial charge < -0.3 is 19.6 Å². The Bertz CT molecular complexity index is 1060. The van der Waals surface area contributed by atoms with Crippen molar-refractivity contribution in [2.45, 2.75) is 19.4 Å². The van der Waals surface area contributed by atoms with Gasteiger partial charge in [-0.3, -0.25) is 4.79 Å². The van der Waals surface area contributed by atoms with Gasteiger partial charge in [0.25, 0.3) is 6.54 Å². The number of carbonyl (C=O) groups excluding carboxylic acids is 1. The number of likely N-dealkylation sites (tertiary alicyclic amines) is 1. The van der Waals surface area contributed by atoms with Crippen LogP contribution in [0.3, 0.4) is 0 Å². The van der Waals surface area contributed by atoms with Crippen molar-refractivity contribution in [3.8, 4) is 0 Å². The van der Waals surface area contributed by atoms with Gasteiger partial charge in [-0.25, -0.2) is 16.5 Å². The molecule has 2 aromatic heterocycles. The highest BCUT2D eigenvalue weighted by molar-refractivity contribution is 5.87. The average molecular weight is 320 g/mol. The molecule has 1 N–H and O–H groups in total. The summed E-state index contributed by atoms with van der Waals surface area (Å²) in [4.78, 5) is 26.9. The second-order valence-corrected chi connectivity index (χ2v) is 5.07. The van der Waals surface area contributed by atoms with E-state index in [1.807, 2.05) is 0 Å². The van der Waals surface area contributed by atoms with E-state index in [0.29, 0.717) is 9.80 Å². The summed E-state index contributed by atoms with van der Waals surface area (Å²) >= 11 is 0. The molecule has 1 aliphatic rings. The fraction of sp³-hybridized carbons (Fsp3) is 0.500. The van der Waals surface area contributed by atoms with E-state index in [-0.39, 0.29) is 24.0 Å². The molecule has 1 saturated heterocycles. The van der Waals surface area contributed by atoms with Gasteiger partial charge in [-0.05, 0) is 18.4 Å². The first-order chi connectivity index (χ1) is 14.2. The largest absolute Gasteiger partial charge is 0.354 e. The van der Waals surface area contributed by atoms with Gasteiger partial charge in [0.15, 0.2) is 0 Å². The third-order valence-electron chi connectivity index (χ3n) is 3.59. The summed E-state index contributed by atoms with van der Waals surface area (Å²) in [5.74, 6) is -3.35. The van der Waals surface area contributed by atoms with Crippen LogP contribution in [0.1, 0.15) is 24.3 Å². The molecular weight excluding hydrogens is 292 g/mol. The van der Waals surface area contributed by atoms with Gasteiger partial charge in [0.2, 0.25) is 0 Å². The van der Waals surface area contributed by atoms with Gasteiger partial charge in [-0.2, -0.15) is 0 Å². The fourth-order valence-electron chi connectivity index (χ4n) is 2.35. The molecule has 1 fully saturated rings. The Morgan fingerprint density at radius 1 is 1.78 bits per heavy atom. The Balaban J connectivity index is 2.33. The van der Waals surface area contributed by atoms with Gasteiger partial charge in [-0.1, -0.05) is 6.92 Å². The van der Waals surface area contributed by atoms with Crippen molar-refractivity contribution in [1.82, 2.24) is 19.9 Å². The molecule has 120 valence electrons. The zero-order chi connectivity index (χ0) is 23.4. The number of hydrogen-bond donors (Lipinski definition) is 1. The lowest BCUT2D eigenvalue weighted by atomic mass is 9.92. The van der Waals surface area contributed by atoms with E-state index in [4.69, 9.17) is 17.5 Å². The summed E-state index contributed by atoms with van der Waals surface area (Å²) in [7, 11) is 0. The van der Waals surface area contributed by atoms with Crippen LogP contribution in [0.25, 0.3) is 15.9 Å². The molecule has 7 nitrogen and oxygen atoms in total. The highest BCUT2D eigenvalue weighted by Gasteiger charge is 2.33. The zero-order valence-corrected chi connectivity index (χ0v) is 12.4. The van der Waals surface area contributed by atoms with E-state index < -0.39 is 50.0 Å². The zero-order valence-electron chi connectivity index (χ0n) is 20.4. The highest BCUT2D eigenvalue weighted by Crippen LogP contribution is 2.28. The van der Waals surface area contributed by atoms with Gasteiger partial charge in [0.1, 0.15) is 19.1 Å². The monoisotopic (exact) mass is 320 g/mol. The van der Waals surface area contributed by atoms with Gasteiger partial charge in [0, 0.05) is 31.7 Å². The topological polar surface area (TPSA) is 69.5 Å². The van der Waals surface area contributed by atoms with Crippen LogP contribution in [0, 0.1) is 12.5 Å². The maximum Gasteiger partial charge on any atom is 0.302 e. The molecule has 3 heterocycles. The van der Waals surface area contributed by atoms with Crippen LogP contribution < -0.4 is 4.90 Å². The second kappa shape index (κ2) is 6.24. The number of fused-ring (bicyclic) bond motifs is 1. The van der Waals surface area contributed by atoms with Gasteiger partial charge in [-0.15, -0.1) is 0 Å². The summed E-state index contributed by atoms with van der Waals surface area (Å²) in [6, 6.07) is -1.46. The van der Waals surface area contributed by atoms with E-state index in [1.165, 1.54) is 19.2 Å². The van der Waals surface area contributed by atoms with Crippen LogP contribution in [0.5, 0.6) is 0 Å². The average Bonchev–Trinajstić information content (AvgIpc) is 3.07. The second-order valence-electron chi connectivity index (χ2n) is 5.07. The number of H-pyrrole nitrogens is 1. The number of aromatic nitrogens is 3. The fourth-order valence-corrected chi connectivity index (χ4v) is 2.35. The van der Waals surface area contributed by atoms with Crippen LogP contribution in [0.2, 0.25) is 0 Å². The Labute approximate surface area is 146 Å². The Kier molecular flexibility index (Phi) is 2.25. The number of aromatic amines is 1. The van der Waals surface area contributed by atoms with E-state index in [2.05, 4.69) is 19.8 Å². The van der Waals surface area contributed by atoms with Gasteiger partial charge in [0.05, 0.1) is 15.5 Å². The first-order valence-electron chi connectivity index (χ1n) is 10.9. The molecule has 23 heavy (non-hydrogen) atoms. The minimum absolute atomic E-state index is 0.108. The Morgan fingerprint density at radius 2 is 2.65 bits per heavy atom. The van der Waals surface area contributed by atoms with E-state index in [1.54, 1.807) is 0 Å². The van der Waals surface area contributed by atoms with Crippen LogP contribution in [-0.2, 0) is 4.79 Å². The van der Waals surface area contributed by atoms with E-state index in [0.717, 1.165) is 0 Å². The molecule has 0 aromatic carbocycles. The lowest BCUT2D eigenvalue weighted by Crippen LogP contribution is -2.53. The molecule has 0 spiro atoms. The Hall–Kier alpha value is -2.62. The molecule has 2 aromatic rings. The summed E-state index contributed by atoms with van der Waals surface area (Å²) in [5.41, 5.74) is 0.108. The summed E-state index contributed by atoms with van der Waals surface area (Å²) in [6.07, 6.45) is 0.644. The number of nitrogens with one attached hydrogen (secondary N) is 1. The minimum atomic E-state index is -3.17. The van der Waals surface area contributed by atoms with Gasteiger partial charge >= 0.3 is 5.91 Å². The standard InChI is InChI=1S/C16H20N6O/c1-11-5-7-22(14(23)8-17-2)9-13(11)21(3)16-12-4-6-18-15(12)19-10-20-16/h4,6,10-11,13H,5,7-9H2,1,3H3,(H,18,19,20)/t11-,13+/m1/s1/i3D3,9D2,10D,11D,13D. The quantitative estimate of drug-likeness (QED) is 0.871. The third-order valence-corrected chi connectivity index (χ3v) is 3.59. The number of carbonyl (C=O) groups is 1. The van der Waals surface area contributed by atoms with Crippen molar-refractivity contribution in [3.05, 3.63) is 30.0 Å². The van der Waals surface area contributed by atoms with Crippen LogP contribution in [-0.4, -0.2) is 58.3 Å². The maximum atomic E-state index is 12.5. The maximum absolute atomic E-state index is 12.5. The van der Waals surface area contributed by atoms with E-state index >= 15 is 0 Å². The van der Waals surface area contributed by atoms with E-state index in [9.17, 15) is 4.79 Å². The normalized spacial score (nSPS) is 35.4. The molecule has 0 radical (unpaired) electrons. The number of likely N-dealkylation sites (N-methyl/N-ethyl adjacent to an activating group) is 1. The smallest absolute Gasteiger partial charge is 0.302 e. The molecule has 3 rings (SSSR count). The summed E-state index contributed by atoms with van der Waals surface area (Å²) < 4.78 is 67.3. The van der Waals surface area contributed by atoms with Crippen molar-refractivity contribution in [2.24, 2.45) is 5.89 Å². The molecule has 0 aliphatic carbocycles. The molecule has 0 saturated carbocycles. The molecule has 0 bridgehead atoms. The van der Waals surface area contributed by atoms with Crippen molar-refractivity contribution in [3.63, 3.8) is 0 Å². The van der Waals surface area contributed by atoms with Crippen molar-refractivity contribution in [2.75, 3.05) is 31.5 Å². The SMILES string of the molecule is [2H]c1nc(N(C([2H])([2H])[2H])[C@@]2([2H])C([2H])([2H])N(C(=O)C[N+]#[C-])CC[C@@]2([2H])C)c2cc[nH]c2n1. The summed E-state index contributed by atoms with van der Waals surface area (Å²) in [6.45, 7) is 1.03. The minimum Gasteiger partial charge on any atom is -0.354 e. The lowest BCUT2D eigenvalue weighted by Gasteiger charge is -2.41. The number of amides is 1. The van der Waals surface area contributed by atoms with Crippen molar-refractivity contribution < 1.29 is 15.8 Å². The number of nitrogens with zero attached hydrogens (tertiary/aromatic N) is 5. The first-order valence-corrected chi connectivity index (χ1v) is 6.94. The molecule has 1 amide bonds. The van der Waals surface area contributed by atoms with Crippen LogP contribution in [0.15, 0.2) is 18.6 Å². The number of rotatable bonds is 3. The molecule has 2 atom stereocenters. The Morgan fingerprint density at radius 3 is 3.43 bits per heavy atom. The summed E-state index contributed by atoms with van der Waals surface area (Å²) in [5, 5.41) is 0.120.